The predicted molar refractivity (Wildman–Crippen MR) is 93.4 cm³/mol. The standard InChI is InChI=1S/C14H17N3S3/c1-13(2)14(3)8-16(11(15)18)12(19)17(14)9-6-4-5-7-10(9)20-13/h4-7H,8H2,1-3H3,(H2,15,18). The smallest absolute Gasteiger partial charge is 0.183 e. The molecule has 0 aromatic heterocycles. The Morgan fingerprint density at radius 1 is 1.30 bits per heavy atom. The lowest BCUT2D eigenvalue weighted by Gasteiger charge is -2.50. The second-order valence-electron chi connectivity index (χ2n) is 5.90. The Labute approximate surface area is 134 Å². The summed E-state index contributed by atoms with van der Waals surface area (Å²) < 4.78 is 0.00491. The summed E-state index contributed by atoms with van der Waals surface area (Å²) in [6.07, 6.45) is 0. The monoisotopic (exact) mass is 323 g/mol. The molecule has 1 saturated heterocycles. The molecule has 2 aliphatic heterocycles. The molecular weight excluding hydrogens is 306 g/mol. The molecule has 2 N–H and O–H groups in total. The zero-order valence-corrected chi connectivity index (χ0v) is 14.2. The summed E-state index contributed by atoms with van der Waals surface area (Å²) in [5.74, 6) is 0. The van der Waals surface area contributed by atoms with Crippen LogP contribution >= 0.6 is 36.2 Å². The van der Waals surface area contributed by atoms with E-state index in [0.717, 1.165) is 12.2 Å². The van der Waals surface area contributed by atoms with Crippen LogP contribution in [0.4, 0.5) is 5.69 Å². The van der Waals surface area contributed by atoms with E-state index in [1.807, 2.05) is 22.7 Å². The molecule has 20 heavy (non-hydrogen) atoms. The number of benzene rings is 1. The van der Waals surface area contributed by atoms with Crippen LogP contribution < -0.4 is 10.6 Å². The summed E-state index contributed by atoms with van der Waals surface area (Å²) in [6.45, 7) is 7.48. The molecule has 3 rings (SSSR count). The molecule has 106 valence electrons. The van der Waals surface area contributed by atoms with Crippen LogP contribution in [0.5, 0.6) is 0 Å². The van der Waals surface area contributed by atoms with Gasteiger partial charge in [-0.05, 0) is 57.3 Å². The summed E-state index contributed by atoms with van der Waals surface area (Å²) in [7, 11) is 0. The maximum absolute atomic E-state index is 5.85. The van der Waals surface area contributed by atoms with Gasteiger partial charge in [-0.15, -0.1) is 11.8 Å². The third-order valence-electron chi connectivity index (χ3n) is 4.42. The van der Waals surface area contributed by atoms with E-state index in [-0.39, 0.29) is 10.3 Å². The molecule has 1 aromatic rings. The zero-order chi connectivity index (χ0) is 14.7. The average Bonchev–Trinajstić information content (AvgIpc) is 2.64. The topological polar surface area (TPSA) is 32.5 Å². The first-order valence-electron chi connectivity index (χ1n) is 6.47. The van der Waals surface area contributed by atoms with Gasteiger partial charge in [-0.1, -0.05) is 12.1 Å². The van der Waals surface area contributed by atoms with Gasteiger partial charge in [-0.2, -0.15) is 0 Å². The number of nitrogens with zero attached hydrogens (tertiary/aromatic N) is 2. The van der Waals surface area contributed by atoms with Crippen molar-refractivity contribution in [2.75, 3.05) is 11.4 Å². The van der Waals surface area contributed by atoms with Crippen LogP contribution in [0.2, 0.25) is 0 Å². The van der Waals surface area contributed by atoms with Gasteiger partial charge in [0.2, 0.25) is 0 Å². The third-order valence-corrected chi connectivity index (χ3v) is 6.55. The van der Waals surface area contributed by atoms with Crippen LogP contribution in [-0.2, 0) is 0 Å². The molecule has 0 amide bonds. The minimum atomic E-state index is -0.132. The molecule has 0 saturated carbocycles. The molecule has 1 aromatic carbocycles. The number of thioether (sulfide) groups is 1. The molecule has 2 aliphatic rings. The number of nitrogens with two attached hydrogens (primary N) is 1. The van der Waals surface area contributed by atoms with Crippen LogP contribution in [0.1, 0.15) is 20.8 Å². The fraction of sp³-hybridized carbons (Fsp3) is 0.429. The number of hydrogen-bond acceptors (Lipinski definition) is 3. The van der Waals surface area contributed by atoms with Crippen LogP contribution in [0.25, 0.3) is 0 Å². The fourth-order valence-electron chi connectivity index (χ4n) is 2.89. The van der Waals surface area contributed by atoms with Crippen molar-refractivity contribution in [1.29, 1.82) is 0 Å². The number of fused-ring (bicyclic) bond motifs is 3. The summed E-state index contributed by atoms with van der Waals surface area (Å²) >= 11 is 12.7. The van der Waals surface area contributed by atoms with Gasteiger partial charge in [0.15, 0.2) is 10.2 Å². The van der Waals surface area contributed by atoms with E-state index in [1.54, 1.807) is 0 Å². The third kappa shape index (κ3) is 1.71. The van der Waals surface area contributed by atoms with E-state index in [9.17, 15) is 0 Å². The predicted octanol–water partition coefficient (Wildman–Crippen LogP) is 2.98. The number of rotatable bonds is 0. The Kier molecular flexibility index (Phi) is 3.05. The molecule has 1 atom stereocenters. The molecular formula is C14H17N3S3. The largest absolute Gasteiger partial charge is 0.376 e. The maximum atomic E-state index is 5.85. The Morgan fingerprint density at radius 2 is 1.95 bits per heavy atom. The van der Waals surface area contributed by atoms with Crippen LogP contribution in [0, 0.1) is 0 Å². The van der Waals surface area contributed by atoms with Crippen molar-refractivity contribution in [2.45, 2.75) is 36.0 Å². The minimum Gasteiger partial charge on any atom is -0.376 e. The van der Waals surface area contributed by atoms with Gasteiger partial charge in [0.25, 0.3) is 0 Å². The molecule has 0 aliphatic carbocycles. The average molecular weight is 324 g/mol. The molecule has 1 fully saturated rings. The molecule has 3 nitrogen and oxygen atoms in total. The number of thiocarbonyl (C=S) groups is 2. The van der Waals surface area contributed by atoms with Crippen LogP contribution in [-0.4, -0.2) is 32.0 Å². The van der Waals surface area contributed by atoms with Crippen LogP contribution in [0.3, 0.4) is 0 Å². The van der Waals surface area contributed by atoms with E-state index in [4.69, 9.17) is 30.2 Å². The SMILES string of the molecule is CC1(C)Sc2ccccc2N2C(=S)N(C(N)=S)CC21C. The van der Waals surface area contributed by atoms with Crippen molar-refractivity contribution in [2.24, 2.45) is 5.73 Å². The van der Waals surface area contributed by atoms with Crippen molar-refractivity contribution in [3.05, 3.63) is 24.3 Å². The highest BCUT2D eigenvalue weighted by molar-refractivity contribution is 8.01. The Morgan fingerprint density at radius 3 is 2.60 bits per heavy atom. The first-order valence-corrected chi connectivity index (χ1v) is 8.10. The fourth-order valence-corrected chi connectivity index (χ4v) is 4.90. The van der Waals surface area contributed by atoms with E-state index in [0.29, 0.717) is 10.2 Å². The second-order valence-corrected chi connectivity index (χ2v) is 8.34. The highest BCUT2D eigenvalue weighted by Crippen LogP contribution is 2.55. The van der Waals surface area contributed by atoms with Crippen molar-refractivity contribution < 1.29 is 0 Å². The molecule has 1 unspecified atom stereocenters. The zero-order valence-electron chi connectivity index (χ0n) is 11.7. The lowest BCUT2D eigenvalue weighted by molar-refractivity contribution is 0.366. The summed E-state index contributed by atoms with van der Waals surface area (Å²) in [4.78, 5) is 5.35. The van der Waals surface area contributed by atoms with E-state index in [1.165, 1.54) is 4.90 Å². The van der Waals surface area contributed by atoms with E-state index < -0.39 is 0 Å². The first-order chi connectivity index (χ1) is 9.28. The van der Waals surface area contributed by atoms with Crippen molar-refractivity contribution in [1.82, 2.24) is 4.90 Å². The van der Waals surface area contributed by atoms with Crippen molar-refractivity contribution in [3.63, 3.8) is 0 Å². The molecule has 0 spiro atoms. The van der Waals surface area contributed by atoms with Crippen molar-refractivity contribution >= 4 is 52.1 Å². The van der Waals surface area contributed by atoms with Crippen LogP contribution in [0.15, 0.2) is 29.2 Å². The Bertz CT molecular complexity index is 613. The quantitative estimate of drug-likeness (QED) is 0.739. The lowest BCUT2D eigenvalue weighted by atomic mass is 9.86. The van der Waals surface area contributed by atoms with E-state index in [2.05, 4.69) is 43.9 Å². The Hall–Kier alpha value is -0.850. The molecule has 0 radical (unpaired) electrons. The van der Waals surface area contributed by atoms with Gasteiger partial charge in [0, 0.05) is 9.64 Å². The van der Waals surface area contributed by atoms with Gasteiger partial charge >= 0.3 is 0 Å². The number of para-hydroxylation sites is 1. The summed E-state index contributed by atoms with van der Waals surface area (Å²) in [5, 5.41) is 1.06. The molecule has 2 heterocycles. The maximum Gasteiger partial charge on any atom is 0.183 e. The summed E-state index contributed by atoms with van der Waals surface area (Å²) in [6, 6.07) is 8.37. The highest BCUT2D eigenvalue weighted by atomic mass is 32.2. The lowest BCUT2D eigenvalue weighted by Crippen LogP contribution is -2.59. The first kappa shape index (κ1) is 14.1. The second kappa shape index (κ2) is 4.32. The summed E-state index contributed by atoms with van der Waals surface area (Å²) in [5.41, 5.74) is 6.87. The van der Waals surface area contributed by atoms with Gasteiger partial charge in [0.1, 0.15) is 0 Å². The van der Waals surface area contributed by atoms with E-state index >= 15 is 0 Å². The Balaban J connectivity index is 2.21. The van der Waals surface area contributed by atoms with Gasteiger partial charge in [0.05, 0.1) is 17.8 Å². The number of anilines is 1. The van der Waals surface area contributed by atoms with Gasteiger partial charge < -0.3 is 10.6 Å². The van der Waals surface area contributed by atoms with Crippen molar-refractivity contribution in [3.8, 4) is 0 Å². The minimum absolute atomic E-state index is 0.00491. The molecule has 0 bridgehead atoms. The normalized spacial score (nSPS) is 27.2. The molecule has 6 heteroatoms. The number of hydrogen-bond donors (Lipinski definition) is 1. The highest BCUT2D eigenvalue weighted by Gasteiger charge is 2.57. The van der Waals surface area contributed by atoms with Gasteiger partial charge in [-0.3, -0.25) is 4.90 Å². The van der Waals surface area contributed by atoms with Gasteiger partial charge in [-0.25, -0.2) is 0 Å².